The molecule has 21 heavy (non-hydrogen) atoms. The molecule has 1 saturated heterocycles. The van der Waals surface area contributed by atoms with Gasteiger partial charge in [0.2, 0.25) is 0 Å². The average molecular weight is 325 g/mol. The third-order valence-electron chi connectivity index (χ3n) is 3.85. The van der Waals surface area contributed by atoms with Gasteiger partial charge in [-0.1, -0.05) is 29.8 Å². The lowest BCUT2D eigenvalue weighted by Gasteiger charge is -2.23. The van der Waals surface area contributed by atoms with Crippen molar-refractivity contribution < 1.29 is 9.90 Å². The summed E-state index contributed by atoms with van der Waals surface area (Å²) in [5, 5.41) is 13.9. The molecule has 2 aromatic rings. The van der Waals surface area contributed by atoms with E-state index in [1.807, 2.05) is 24.3 Å². The Morgan fingerprint density at radius 2 is 2.29 bits per heavy atom. The summed E-state index contributed by atoms with van der Waals surface area (Å²) in [5.74, 6) is 0. The van der Waals surface area contributed by atoms with E-state index in [4.69, 9.17) is 11.6 Å². The maximum Gasteiger partial charge on any atom is 0.318 e. The predicted molar refractivity (Wildman–Crippen MR) is 85.9 cm³/mol. The lowest BCUT2D eigenvalue weighted by molar-refractivity contribution is 0.157. The van der Waals surface area contributed by atoms with Crippen LogP contribution < -0.4 is 5.32 Å². The fraction of sp³-hybridized carbons (Fsp3) is 0.400. The number of urea groups is 1. The molecule has 1 aliphatic rings. The second-order valence-electron chi connectivity index (χ2n) is 5.17. The Bertz CT molecular complexity index is 658. The minimum Gasteiger partial charge on any atom is -0.394 e. The van der Waals surface area contributed by atoms with Crippen molar-refractivity contribution in [3.63, 3.8) is 0 Å². The van der Waals surface area contributed by atoms with Crippen LogP contribution in [0.3, 0.4) is 0 Å². The van der Waals surface area contributed by atoms with E-state index in [1.165, 1.54) is 0 Å². The number of rotatable bonds is 3. The molecule has 0 aliphatic carbocycles. The zero-order chi connectivity index (χ0) is 14.8. The van der Waals surface area contributed by atoms with Gasteiger partial charge >= 0.3 is 6.03 Å². The highest BCUT2D eigenvalue weighted by molar-refractivity contribution is 7.19. The van der Waals surface area contributed by atoms with Crippen LogP contribution >= 0.6 is 22.9 Å². The largest absolute Gasteiger partial charge is 0.394 e. The summed E-state index contributed by atoms with van der Waals surface area (Å²) in [7, 11) is 0. The van der Waals surface area contributed by atoms with Gasteiger partial charge in [0.15, 0.2) is 0 Å². The number of benzene rings is 1. The van der Waals surface area contributed by atoms with Crippen molar-refractivity contribution in [2.24, 2.45) is 0 Å². The Morgan fingerprint density at radius 3 is 3.05 bits per heavy atom. The zero-order valence-electron chi connectivity index (χ0n) is 11.5. The number of nitrogens with zero attached hydrogens (tertiary/aromatic N) is 1. The van der Waals surface area contributed by atoms with E-state index in [0.29, 0.717) is 13.1 Å². The van der Waals surface area contributed by atoms with Gasteiger partial charge in [0.25, 0.3) is 0 Å². The van der Waals surface area contributed by atoms with Crippen molar-refractivity contribution in [2.45, 2.75) is 25.4 Å². The number of likely N-dealkylation sites (tertiary alicyclic amines) is 1. The van der Waals surface area contributed by atoms with Crippen LogP contribution in [0.5, 0.6) is 0 Å². The number of carbonyl (C=O) groups is 1. The van der Waals surface area contributed by atoms with Crippen LogP contribution in [-0.2, 0) is 6.54 Å². The van der Waals surface area contributed by atoms with E-state index in [2.05, 4.69) is 5.32 Å². The lowest BCUT2D eigenvalue weighted by Crippen LogP contribution is -2.43. The highest BCUT2D eigenvalue weighted by atomic mass is 35.5. The number of thiophene rings is 1. The molecular weight excluding hydrogens is 308 g/mol. The summed E-state index contributed by atoms with van der Waals surface area (Å²) < 4.78 is 1.13. The Labute approximate surface area is 132 Å². The number of aliphatic hydroxyl groups is 1. The Kier molecular flexibility index (Phi) is 4.33. The number of carbonyl (C=O) groups excluding carboxylic acids is 1. The number of nitrogens with one attached hydrogen (secondary N) is 1. The van der Waals surface area contributed by atoms with Gasteiger partial charge in [0, 0.05) is 21.5 Å². The molecule has 1 atom stereocenters. The van der Waals surface area contributed by atoms with E-state index in [0.717, 1.165) is 32.8 Å². The number of fused-ring (bicyclic) bond motifs is 1. The highest BCUT2D eigenvalue weighted by Crippen LogP contribution is 2.35. The maximum atomic E-state index is 12.2. The van der Waals surface area contributed by atoms with E-state index >= 15 is 0 Å². The molecule has 2 N–H and O–H groups in total. The van der Waals surface area contributed by atoms with Crippen LogP contribution in [0.15, 0.2) is 24.3 Å². The topological polar surface area (TPSA) is 52.6 Å². The average Bonchev–Trinajstić information content (AvgIpc) is 3.10. The molecule has 0 bridgehead atoms. The first-order valence-electron chi connectivity index (χ1n) is 7.02. The fourth-order valence-corrected chi connectivity index (χ4v) is 4.17. The van der Waals surface area contributed by atoms with Crippen LogP contribution in [0.25, 0.3) is 10.1 Å². The van der Waals surface area contributed by atoms with Gasteiger partial charge in [-0.3, -0.25) is 0 Å². The monoisotopic (exact) mass is 324 g/mol. The molecule has 0 saturated carbocycles. The van der Waals surface area contributed by atoms with Gasteiger partial charge in [0.1, 0.15) is 0 Å². The van der Waals surface area contributed by atoms with Crippen LogP contribution in [-0.4, -0.2) is 35.2 Å². The Balaban J connectivity index is 1.69. The summed E-state index contributed by atoms with van der Waals surface area (Å²) in [6, 6.07) is 7.77. The van der Waals surface area contributed by atoms with E-state index in [-0.39, 0.29) is 18.7 Å². The van der Waals surface area contributed by atoms with Gasteiger partial charge in [-0.15, -0.1) is 11.3 Å². The molecule has 0 unspecified atom stereocenters. The minimum atomic E-state index is -0.125. The Hall–Kier alpha value is -1.30. The standard InChI is InChI=1S/C15H17ClN2O2S/c16-14-11-5-1-2-6-12(11)21-13(14)8-17-15(20)18-7-3-4-10(18)9-19/h1-2,5-6,10,19H,3-4,7-9H2,(H,17,20)/t10-/m1/s1. The molecule has 2 heterocycles. The molecule has 6 heteroatoms. The van der Waals surface area contributed by atoms with Crippen LogP contribution in [0.1, 0.15) is 17.7 Å². The second-order valence-corrected chi connectivity index (χ2v) is 6.68. The first-order valence-corrected chi connectivity index (χ1v) is 8.21. The van der Waals surface area contributed by atoms with Gasteiger partial charge in [-0.2, -0.15) is 0 Å². The number of amides is 2. The van der Waals surface area contributed by atoms with Crippen molar-refractivity contribution in [1.82, 2.24) is 10.2 Å². The molecule has 0 spiro atoms. The second kappa shape index (κ2) is 6.22. The van der Waals surface area contributed by atoms with Gasteiger partial charge in [-0.05, 0) is 18.9 Å². The number of hydrogen-bond acceptors (Lipinski definition) is 3. The lowest BCUT2D eigenvalue weighted by atomic mass is 10.2. The van der Waals surface area contributed by atoms with Gasteiger partial charge in [0.05, 0.1) is 24.2 Å². The fourth-order valence-electron chi connectivity index (χ4n) is 2.73. The molecule has 112 valence electrons. The van der Waals surface area contributed by atoms with E-state index < -0.39 is 0 Å². The molecule has 1 aromatic heterocycles. The molecule has 0 radical (unpaired) electrons. The van der Waals surface area contributed by atoms with Crippen LogP contribution in [0.4, 0.5) is 4.79 Å². The summed E-state index contributed by atoms with van der Waals surface area (Å²) in [5.41, 5.74) is 0. The molecule has 1 fully saturated rings. The third kappa shape index (κ3) is 2.86. The van der Waals surface area contributed by atoms with Crippen molar-refractivity contribution in [3.8, 4) is 0 Å². The smallest absolute Gasteiger partial charge is 0.318 e. The molecule has 2 amide bonds. The molecule has 3 rings (SSSR count). The van der Waals surface area contributed by atoms with Crippen molar-refractivity contribution in [3.05, 3.63) is 34.2 Å². The highest BCUT2D eigenvalue weighted by Gasteiger charge is 2.27. The normalized spacial score (nSPS) is 18.4. The summed E-state index contributed by atoms with van der Waals surface area (Å²) in [6.07, 6.45) is 1.82. The molecule has 1 aliphatic heterocycles. The summed E-state index contributed by atoms with van der Waals surface area (Å²) in [4.78, 5) is 14.9. The van der Waals surface area contributed by atoms with Gasteiger partial charge < -0.3 is 15.3 Å². The zero-order valence-corrected chi connectivity index (χ0v) is 13.1. The SMILES string of the molecule is O=C(NCc1sc2ccccc2c1Cl)N1CCC[C@@H]1CO. The number of aliphatic hydroxyl groups excluding tert-OH is 1. The summed E-state index contributed by atoms with van der Waals surface area (Å²) in [6.45, 7) is 1.15. The molecular formula is C15H17ClN2O2S. The number of halogens is 1. The Morgan fingerprint density at radius 1 is 1.48 bits per heavy atom. The minimum absolute atomic E-state index is 0.0249. The number of hydrogen-bond donors (Lipinski definition) is 2. The van der Waals surface area contributed by atoms with Crippen molar-refractivity contribution in [2.75, 3.05) is 13.2 Å². The summed E-state index contributed by atoms with van der Waals surface area (Å²) >= 11 is 7.96. The first-order chi connectivity index (χ1) is 10.2. The first kappa shape index (κ1) is 14.6. The van der Waals surface area contributed by atoms with Crippen LogP contribution in [0, 0.1) is 0 Å². The van der Waals surface area contributed by atoms with Crippen molar-refractivity contribution >= 4 is 39.1 Å². The maximum absolute atomic E-state index is 12.2. The van der Waals surface area contributed by atoms with E-state index in [1.54, 1.807) is 16.2 Å². The molecule has 1 aromatic carbocycles. The predicted octanol–water partition coefficient (Wildman–Crippen LogP) is 3.22. The van der Waals surface area contributed by atoms with Gasteiger partial charge in [-0.25, -0.2) is 4.79 Å². The quantitative estimate of drug-likeness (QED) is 0.910. The molecule has 4 nitrogen and oxygen atoms in total. The third-order valence-corrected chi connectivity index (χ3v) is 5.56. The van der Waals surface area contributed by atoms with Crippen molar-refractivity contribution in [1.29, 1.82) is 0 Å². The van der Waals surface area contributed by atoms with E-state index in [9.17, 15) is 9.90 Å². The van der Waals surface area contributed by atoms with Crippen LogP contribution in [0.2, 0.25) is 5.02 Å².